The van der Waals surface area contributed by atoms with E-state index in [1.807, 2.05) is 4.90 Å². The topological polar surface area (TPSA) is 32.3 Å². The minimum atomic E-state index is 0.217. The molecule has 0 bridgehead atoms. The van der Waals surface area contributed by atoms with Crippen LogP contribution in [0, 0.1) is 13.8 Å². The zero-order chi connectivity index (χ0) is 17.6. The van der Waals surface area contributed by atoms with Gasteiger partial charge >= 0.3 is 0 Å². The standard InChI is InChI=1S/C22H28N2O/c1-17-3-7-19(8-4-17)15-23-16-22(25)24-13-11-21(12-14-24)20-9-5-18(2)6-10-20/h3-10,21,23H,11-16H2,1-2H3. The Bertz CT molecular complexity index is 683. The third-order valence-electron chi connectivity index (χ3n) is 5.12. The van der Waals surface area contributed by atoms with Gasteiger partial charge in [-0.15, -0.1) is 0 Å². The van der Waals surface area contributed by atoms with Gasteiger partial charge in [-0.1, -0.05) is 59.7 Å². The van der Waals surface area contributed by atoms with E-state index in [1.54, 1.807) is 0 Å². The van der Waals surface area contributed by atoms with Crippen molar-refractivity contribution in [3.8, 4) is 0 Å². The van der Waals surface area contributed by atoms with Crippen molar-refractivity contribution in [3.63, 3.8) is 0 Å². The summed E-state index contributed by atoms with van der Waals surface area (Å²) in [4.78, 5) is 14.4. The zero-order valence-corrected chi connectivity index (χ0v) is 15.3. The third kappa shape index (κ3) is 4.93. The molecule has 0 aromatic heterocycles. The van der Waals surface area contributed by atoms with E-state index in [9.17, 15) is 4.79 Å². The molecule has 0 radical (unpaired) electrons. The van der Waals surface area contributed by atoms with Gasteiger partial charge in [0.25, 0.3) is 0 Å². The van der Waals surface area contributed by atoms with Crippen LogP contribution in [0.5, 0.6) is 0 Å². The maximum absolute atomic E-state index is 12.4. The molecule has 0 unspecified atom stereocenters. The van der Waals surface area contributed by atoms with E-state index in [0.29, 0.717) is 12.5 Å². The van der Waals surface area contributed by atoms with Crippen molar-refractivity contribution < 1.29 is 4.79 Å². The Kier molecular flexibility index (Phi) is 5.87. The molecule has 0 spiro atoms. The van der Waals surface area contributed by atoms with Crippen LogP contribution in [0.2, 0.25) is 0 Å². The minimum absolute atomic E-state index is 0.217. The molecule has 132 valence electrons. The summed E-state index contributed by atoms with van der Waals surface area (Å²) in [6.07, 6.45) is 2.12. The van der Waals surface area contributed by atoms with Crippen molar-refractivity contribution in [1.29, 1.82) is 0 Å². The monoisotopic (exact) mass is 336 g/mol. The van der Waals surface area contributed by atoms with Gasteiger partial charge in [-0.3, -0.25) is 4.79 Å². The maximum atomic E-state index is 12.4. The van der Waals surface area contributed by atoms with Gasteiger partial charge in [0.15, 0.2) is 0 Å². The Morgan fingerprint density at radius 2 is 1.52 bits per heavy atom. The van der Waals surface area contributed by atoms with E-state index in [0.717, 1.165) is 32.5 Å². The van der Waals surface area contributed by atoms with Gasteiger partial charge in [0.1, 0.15) is 0 Å². The van der Waals surface area contributed by atoms with Gasteiger partial charge in [0.2, 0.25) is 5.91 Å². The number of hydrogen-bond donors (Lipinski definition) is 1. The Morgan fingerprint density at radius 3 is 2.12 bits per heavy atom. The number of hydrogen-bond acceptors (Lipinski definition) is 2. The van der Waals surface area contributed by atoms with Crippen LogP contribution in [0.25, 0.3) is 0 Å². The van der Waals surface area contributed by atoms with E-state index in [1.165, 1.54) is 22.3 Å². The minimum Gasteiger partial charge on any atom is -0.342 e. The van der Waals surface area contributed by atoms with E-state index in [2.05, 4.69) is 67.7 Å². The van der Waals surface area contributed by atoms with E-state index >= 15 is 0 Å². The number of aryl methyl sites for hydroxylation is 2. The molecule has 2 aromatic carbocycles. The number of rotatable bonds is 5. The van der Waals surface area contributed by atoms with E-state index in [-0.39, 0.29) is 5.91 Å². The predicted molar refractivity (Wildman–Crippen MR) is 103 cm³/mol. The second kappa shape index (κ2) is 8.30. The molecule has 0 atom stereocenters. The normalized spacial score (nSPS) is 15.4. The smallest absolute Gasteiger partial charge is 0.236 e. The lowest BCUT2D eigenvalue weighted by Crippen LogP contribution is -2.42. The van der Waals surface area contributed by atoms with Crippen LogP contribution >= 0.6 is 0 Å². The van der Waals surface area contributed by atoms with Gasteiger partial charge in [0, 0.05) is 19.6 Å². The van der Waals surface area contributed by atoms with Gasteiger partial charge < -0.3 is 10.2 Å². The highest BCUT2D eigenvalue weighted by molar-refractivity contribution is 5.78. The number of nitrogens with one attached hydrogen (secondary N) is 1. The van der Waals surface area contributed by atoms with Crippen LogP contribution in [0.1, 0.15) is 41.0 Å². The predicted octanol–water partition coefficient (Wildman–Crippen LogP) is 3.80. The lowest BCUT2D eigenvalue weighted by Gasteiger charge is -2.32. The molecule has 3 nitrogen and oxygen atoms in total. The molecule has 1 aliphatic rings. The van der Waals surface area contributed by atoms with Crippen molar-refractivity contribution in [2.45, 2.75) is 39.2 Å². The maximum Gasteiger partial charge on any atom is 0.236 e. The van der Waals surface area contributed by atoms with Crippen LogP contribution in [-0.4, -0.2) is 30.4 Å². The second-order valence-electron chi connectivity index (χ2n) is 7.15. The summed E-state index contributed by atoms with van der Waals surface area (Å²) in [7, 11) is 0. The zero-order valence-electron chi connectivity index (χ0n) is 15.3. The Hall–Kier alpha value is -2.13. The summed E-state index contributed by atoms with van der Waals surface area (Å²) in [6, 6.07) is 17.3. The fourth-order valence-electron chi connectivity index (χ4n) is 3.43. The average molecular weight is 336 g/mol. The highest BCUT2D eigenvalue weighted by atomic mass is 16.2. The fourth-order valence-corrected chi connectivity index (χ4v) is 3.43. The van der Waals surface area contributed by atoms with Crippen molar-refractivity contribution >= 4 is 5.91 Å². The molecular formula is C22H28N2O. The average Bonchev–Trinajstić information content (AvgIpc) is 2.64. The lowest BCUT2D eigenvalue weighted by atomic mass is 9.89. The molecule has 1 N–H and O–H groups in total. The molecule has 0 saturated carbocycles. The Morgan fingerprint density at radius 1 is 0.960 bits per heavy atom. The van der Waals surface area contributed by atoms with Crippen LogP contribution in [0.15, 0.2) is 48.5 Å². The fraction of sp³-hybridized carbons (Fsp3) is 0.409. The Balaban J connectivity index is 1.42. The number of nitrogens with zero attached hydrogens (tertiary/aromatic N) is 1. The number of carbonyl (C=O) groups is 1. The highest BCUT2D eigenvalue weighted by Crippen LogP contribution is 2.28. The molecule has 1 aliphatic heterocycles. The first-order valence-corrected chi connectivity index (χ1v) is 9.22. The summed E-state index contributed by atoms with van der Waals surface area (Å²) in [6.45, 7) is 7.09. The van der Waals surface area contributed by atoms with E-state index in [4.69, 9.17) is 0 Å². The largest absolute Gasteiger partial charge is 0.342 e. The Labute approximate surface area is 151 Å². The van der Waals surface area contributed by atoms with Crippen LogP contribution in [0.3, 0.4) is 0 Å². The number of piperidine rings is 1. The third-order valence-corrected chi connectivity index (χ3v) is 5.12. The molecule has 2 aromatic rings. The molecular weight excluding hydrogens is 308 g/mol. The molecule has 0 aliphatic carbocycles. The summed E-state index contributed by atoms with van der Waals surface area (Å²) in [5.74, 6) is 0.805. The first-order chi connectivity index (χ1) is 12.1. The summed E-state index contributed by atoms with van der Waals surface area (Å²) >= 11 is 0. The molecule has 3 rings (SSSR count). The van der Waals surface area contributed by atoms with Gasteiger partial charge in [0.05, 0.1) is 6.54 Å². The summed E-state index contributed by atoms with van der Waals surface area (Å²) in [5, 5.41) is 3.28. The van der Waals surface area contributed by atoms with Gasteiger partial charge in [-0.25, -0.2) is 0 Å². The van der Waals surface area contributed by atoms with Gasteiger partial charge in [-0.05, 0) is 43.7 Å². The van der Waals surface area contributed by atoms with Crippen molar-refractivity contribution in [2.75, 3.05) is 19.6 Å². The molecule has 1 saturated heterocycles. The summed E-state index contributed by atoms with van der Waals surface area (Å²) < 4.78 is 0. The van der Waals surface area contributed by atoms with Crippen LogP contribution < -0.4 is 5.32 Å². The van der Waals surface area contributed by atoms with E-state index < -0.39 is 0 Å². The first kappa shape index (κ1) is 17.7. The van der Waals surface area contributed by atoms with Crippen LogP contribution in [0.4, 0.5) is 0 Å². The SMILES string of the molecule is Cc1ccc(CNCC(=O)N2CCC(c3ccc(C)cc3)CC2)cc1. The number of amides is 1. The number of carbonyl (C=O) groups excluding carboxylic acids is 1. The molecule has 25 heavy (non-hydrogen) atoms. The molecule has 3 heteroatoms. The van der Waals surface area contributed by atoms with Gasteiger partial charge in [-0.2, -0.15) is 0 Å². The molecule has 1 fully saturated rings. The molecule has 1 heterocycles. The lowest BCUT2D eigenvalue weighted by molar-refractivity contribution is -0.131. The van der Waals surface area contributed by atoms with Crippen molar-refractivity contribution in [2.24, 2.45) is 0 Å². The van der Waals surface area contributed by atoms with Crippen molar-refractivity contribution in [3.05, 3.63) is 70.8 Å². The van der Waals surface area contributed by atoms with Crippen LogP contribution in [-0.2, 0) is 11.3 Å². The summed E-state index contributed by atoms with van der Waals surface area (Å²) in [5.41, 5.74) is 5.19. The van der Waals surface area contributed by atoms with Crippen molar-refractivity contribution in [1.82, 2.24) is 10.2 Å². The first-order valence-electron chi connectivity index (χ1n) is 9.22. The highest BCUT2D eigenvalue weighted by Gasteiger charge is 2.23. The quantitative estimate of drug-likeness (QED) is 0.901. The second-order valence-corrected chi connectivity index (χ2v) is 7.15. The number of benzene rings is 2. The number of likely N-dealkylation sites (tertiary alicyclic amines) is 1. The molecule has 1 amide bonds.